The number of aromatic nitrogens is 4. The minimum absolute atomic E-state index is 0.127. The Hall–Kier alpha value is -3.22. The molecule has 7 heteroatoms. The van der Waals surface area contributed by atoms with Gasteiger partial charge in [0.15, 0.2) is 0 Å². The summed E-state index contributed by atoms with van der Waals surface area (Å²) in [5.41, 5.74) is 2.52. The van der Waals surface area contributed by atoms with E-state index in [2.05, 4.69) is 25.9 Å². The van der Waals surface area contributed by atoms with Crippen LogP contribution in [0.5, 0.6) is 0 Å². The van der Waals surface area contributed by atoms with Gasteiger partial charge in [-0.3, -0.25) is 4.98 Å². The summed E-state index contributed by atoms with van der Waals surface area (Å²) in [5, 5.41) is 13.3. The van der Waals surface area contributed by atoms with Crippen LogP contribution in [0.2, 0.25) is 0 Å². The first-order chi connectivity index (χ1) is 11.2. The van der Waals surface area contributed by atoms with E-state index in [0.29, 0.717) is 5.69 Å². The van der Waals surface area contributed by atoms with E-state index < -0.39 is 0 Å². The molecular weight excluding hydrogens is 292 g/mol. The first-order valence-corrected chi connectivity index (χ1v) is 7.16. The third kappa shape index (κ3) is 3.70. The lowest BCUT2D eigenvalue weighted by Gasteiger charge is -2.14. The van der Waals surface area contributed by atoms with Crippen molar-refractivity contribution in [1.29, 1.82) is 0 Å². The molecule has 1 unspecified atom stereocenters. The minimum atomic E-state index is -0.269. The second-order valence-corrected chi connectivity index (χ2v) is 5.00. The molecule has 7 nitrogen and oxygen atoms in total. The topological polar surface area (TPSA) is 84.7 Å². The third-order valence-corrected chi connectivity index (χ3v) is 3.34. The number of carbonyl (C=O) groups excluding carboxylic acids is 1. The minimum Gasteiger partial charge on any atom is -0.331 e. The van der Waals surface area contributed by atoms with Gasteiger partial charge in [-0.2, -0.15) is 0 Å². The highest BCUT2D eigenvalue weighted by atomic mass is 16.2. The van der Waals surface area contributed by atoms with Crippen molar-refractivity contribution in [2.24, 2.45) is 0 Å². The molecule has 0 saturated heterocycles. The van der Waals surface area contributed by atoms with Gasteiger partial charge in [-0.1, -0.05) is 11.3 Å². The summed E-state index contributed by atoms with van der Waals surface area (Å²) in [6.45, 7) is 1.91. The van der Waals surface area contributed by atoms with Gasteiger partial charge < -0.3 is 10.6 Å². The van der Waals surface area contributed by atoms with Crippen molar-refractivity contribution in [1.82, 2.24) is 25.3 Å². The third-order valence-electron chi connectivity index (χ3n) is 3.34. The monoisotopic (exact) mass is 308 g/mol. The molecule has 0 aliphatic carbocycles. The molecule has 3 aromatic rings. The van der Waals surface area contributed by atoms with E-state index in [1.54, 1.807) is 29.5 Å². The molecule has 0 spiro atoms. The molecule has 2 N–H and O–H groups in total. The van der Waals surface area contributed by atoms with Gasteiger partial charge in [0.1, 0.15) is 0 Å². The van der Waals surface area contributed by atoms with E-state index in [1.807, 2.05) is 43.3 Å². The lowest BCUT2D eigenvalue weighted by Crippen LogP contribution is -2.31. The van der Waals surface area contributed by atoms with E-state index in [0.717, 1.165) is 11.3 Å². The van der Waals surface area contributed by atoms with Crippen molar-refractivity contribution in [3.63, 3.8) is 0 Å². The molecule has 2 heterocycles. The predicted octanol–water partition coefficient (Wildman–Crippen LogP) is 2.55. The summed E-state index contributed by atoms with van der Waals surface area (Å²) in [6, 6.07) is 10.7. The van der Waals surface area contributed by atoms with Gasteiger partial charge in [-0.05, 0) is 42.8 Å². The number of nitrogens with one attached hydrogen (secondary N) is 2. The highest BCUT2D eigenvalue weighted by Crippen LogP contribution is 2.13. The van der Waals surface area contributed by atoms with Crippen molar-refractivity contribution < 1.29 is 4.79 Å². The Morgan fingerprint density at radius 3 is 2.65 bits per heavy atom. The molecule has 0 saturated carbocycles. The zero-order valence-corrected chi connectivity index (χ0v) is 12.5. The van der Waals surface area contributed by atoms with E-state index in [4.69, 9.17) is 0 Å². The average Bonchev–Trinajstić information content (AvgIpc) is 3.11. The summed E-state index contributed by atoms with van der Waals surface area (Å²) in [6.07, 6.45) is 6.80. The van der Waals surface area contributed by atoms with Crippen LogP contribution in [0.25, 0.3) is 5.69 Å². The van der Waals surface area contributed by atoms with Crippen LogP contribution >= 0.6 is 0 Å². The van der Waals surface area contributed by atoms with Crippen LogP contribution in [0.15, 0.2) is 61.2 Å². The SMILES string of the molecule is CC(NC(=O)Nc1ccc(-n2ccnn2)cc1)c1cccnc1. The van der Waals surface area contributed by atoms with Crippen molar-refractivity contribution in [2.75, 3.05) is 5.32 Å². The number of hydrogen-bond acceptors (Lipinski definition) is 4. The highest BCUT2D eigenvalue weighted by molar-refractivity contribution is 5.89. The second kappa shape index (κ2) is 6.69. The van der Waals surface area contributed by atoms with Gasteiger partial charge in [-0.15, -0.1) is 5.10 Å². The maximum Gasteiger partial charge on any atom is 0.319 e. The normalized spacial score (nSPS) is 11.7. The van der Waals surface area contributed by atoms with Crippen LogP contribution < -0.4 is 10.6 Å². The molecule has 0 aliphatic rings. The Kier molecular flexibility index (Phi) is 4.28. The first kappa shape index (κ1) is 14.7. The van der Waals surface area contributed by atoms with Gasteiger partial charge in [-0.25, -0.2) is 9.48 Å². The van der Waals surface area contributed by atoms with E-state index in [9.17, 15) is 4.79 Å². The molecule has 1 aromatic carbocycles. The fraction of sp³-hybridized carbons (Fsp3) is 0.125. The van der Waals surface area contributed by atoms with E-state index >= 15 is 0 Å². The fourth-order valence-corrected chi connectivity index (χ4v) is 2.12. The smallest absolute Gasteiger partial charge is 0.319 e. The van der Waals surface area contributed by atoms with Crippen LogP contribution in [0, 0.1) is 0 Å². The summed E-state index contributed by atoms with van der Waals surface area (Å²) in [7, 11) is 0. The Morgan fingerprint density at radius 1 is 1.17 bits per heavy atom. The highest BCUT2D eigenvalue weighted by Gasteiger charge is 2.09. The maximum atomic E-state index is 12.0. The standard InChI is InChI=1S/C16H16N6O/c1-12(13-3-2-8-17-11-13)19-16(23)20-14-4-6-15(7-5-14)22-10-9-18-21-22/h2-12H,1H3,(H2,19,20,23). The molecule has 0 bridgehead atoms. The molecule has 3 rings (SSSR count). The first-order valence-electron chi connectivity index (χ1n) is 7.16. The van der Waals surface area contributed by atoms with Gasteiger partial charge >= 0.3 is 6.03 Å². The number of benzene rings is 1. The number of urea groups is 1. The quantitative estimate of drug-likeness (QED) is 0.775. The van der Waals surface area contributed by atoms with Crippen molar-refractivity contribution in [3.8, 4) is 5.69 Å². The summed E-state index contributed by atoms with van der Waals surface area (Å²) in [4.78, 5) is 16.1. The van der Waals surface area contributed by atoms with Gasteiger partial charge in [0.05, 0.1) is 24.1 Å². The molecule has 2 amide bonds. The lowest BCUT2D eigenvalue weighted by atomic mass is 10.1. The molecule has 2 aromatic heterocycles. The van der Waals surface area contributed by atoms with Crippen molar-refractivity contribution in [2.45, 2.75) is 13.0 Å². The molecule has 116 valence electrons. The lowest BCUT2D eigenvalue weighted by molar-refractivity contribution is 0.249. The Balaban J connectivity index is 1.60. The average molecular weight is 308 g/mol. The number of carbonyl (C=O) groups is 1. The summed E-state index contributed by atoms with van der Waals surface area (Å²) >= 11 is 0. The predicted molar refractivity (Wildman–Crippen MR) is 86.2 cm³/mol. The van der Waals surface area contributed by atoms with Crippen LogP contribution in [-0.2, 0) is 0 Å². The number of nitrogens with zero attached hydrogens (tertiary/aromatic N) is 4. The summed E-state index contributed by atoms with van der Waals surface area (Å²) in [5.74, 6) is 0. The van der Waals surface area contributed by atoms with Crippen LogP contribution in [0.3, 0.4) is 0 Å². The largest absolute Gasteiger partial charge is 0.331 e. The fourth-order valence-electron chi connectivity index (χ4n) is 2.12. The van der Waals surface area contributed by atoms with Gasteiger partial charge in [0.2, 0.25) is 0 Å². The van der Waals surface area contributed by atoms with Crippen LogP contribution in [-0.4, -0.2) is 26.0 Å². The molecule has 0 fully saturated rings. The van der Waals surface area contributed by atoms with E-state index in [1.165, 1.54) is 0 Å². The van der Waals surface area contributed by atoms with Crippen LogP contribution in [0.4, 0.5) is 10.5 Å². The number of rotatable bonds is 4. The number of anilines is 1. The molecular formula is C16H16N6O. The van der Waals surface area contributed by atoms with Gasteiger partial charge in [0.25, 0.3) is 0 Å². The van der Waals surface area contributed by atoms with E-state index in [-0.39, 0.29) is 12.1 Å². The van der Waals surface area contributed by atoms with Crippen LogP contribution in [0.1, 0.15) is 18.5 Å². The number of amides is 2. The van der Waals surface area contributed by atoms with Crippen molar-refractivity contribution in [3.05, 3.63) is 66.7 Å². The second-order valence-electron chi connectivity index (χ2n) is 5.00. The number of hydrogen-bond donors (Lipinski definition) is 2. The Morgan fingerprint density at radius 2 is 2.00 bits per heavy atom. The maximum absolute atomic E-state index is 12.0. The Bertz CT molecular complexity index is 755. The van der Waals surface area contributed by atoms with Gasteiger partial charge in [0, 0.05) is 18.1 Å². The molecule has 0 radical (unpaired) electrons. The Labute approximate surface area is 133 Å². The summed E-state index contributed by atoms with van der Waals surface area (Å²) < 4.78 is 1.65. The molecule has 0 aliphatic heterocycles. The molecule has 23 heavy (non-hydrogen) atoms. The number of pyridine rings is 1. The zero-order valence-electron chi connectivity index (χ0n) is 12.5. The van der Waals surface area contributed by atoms with Crippen molar-refractivity contribution >= 4 is 11.7 Å². The zero-order chi connectivity index (χ0) is 16.1. The molecule has 1 atom stereocenters.